The Morgan fingerprint density at radius 1 is 0.829 bits per heavy atom. The fourth-order valence-electron chi connectivity index (χ4n) is 17.7. The molecule has 24 atom stereocenters. The molecule has 7 amide bonds. The first-order valence-electron chi connectivity index (χ1n) is 43.4. The quantitative estimate of drug-likeness (QED) is 0.00610. The van der Waals surface area contributed by atoms with Gasteiger partial charge in [-0.1, -0.05) is 109 Å². The highest BCUT2D eigenvalue weighted by molar-refractivity contribution is 14.1. The van der Waals surface area contributed by atoms with E-state index in [1.807, 2.05) is 42.5 Å². The number of benzene rings is 2. The average Bonchev–Trinajstić information content (AvgIpc) is 1.51. The number of nitrogens with two attached hydrogens (primary N) is 1. The van der Waals surface area contributed by atoms with Gasteiger partial charge in [0.05, 0.1) is 89.3 Å². The number of carbonyl (C=O) groups excluding carboxylic acids is 10. The molecule has 35 nitrogen and oxygen atoms in total. The van der Waals surface area contributed by atoms with Gasteiger partial charge < -0.3 is 114 Å². The fraction of sp³-hybridized carbons (Fsp3) is 0.644. The molecular formula is C90H122IN7O28S3. The van der Waals surface area contributed by atoms with Crippen molar-refractivity contribution < 1.29 is 135 Å². The highest BCUT2D eigenvalue weighted by atomic mass is 127. The lowest BCUT2D eigenvalue weighted by molar-refractivity contribution is -0.343. The third kappa shape index (κ3) is 24.6. The number of anilines is 1. The number of thioether (sulfide) groups is 1. The second-order valence-corrected chi connectivity index (χ2v) is 39.2. The van der Waals surface area contributed by atoms with E-state index in [-0.39, 0.29) is 153 Å². The van der Waals surface area contributed by atoms with E-state index >= 15 is 0 Å². The Hall–Kier alpha value is -7.34. The molecule has 10 rings (SSSR count). The number of imide groups is 1. The number of likely N-dealkylation sites (N-methyl/N-ethyl adjacent to an activating group) is 1. The van der Waals surface area contributed by atoms with Gasteiger partial charge in [0.15, 0.2) is 36.2 Å². The molecule has 5 heterocycles. The highest BCUT2D eigenvalue weighted by Gasteiger charge is 2.78. The number of methoxy groups -OCH3 is 4. The molecule has 2 saturated carbocycles. The smallest absolute Gasteiger partial charge is 0.410 e. The van der Waals surface area contributed by atoms with Gasteiger partial charge in [0.1, 0.15) is 60.4 Å². The van der Waals surface area contributed by atoms with Crippen molar-refractivity contribution in [2.75, 3.05) is 65.7 Å². The maximum Gasteiger partial charge on any atom is 0.410 e. The Kier molecular flexibility index (Phi) is 37.8. The summed E-state index contributed by atoms with van der Waals surface area (Å²) in [6.07, 6.45) is -12.1. The van der Waals surface area contributed by atoms with Gasteiger partial charge in [-0.2, -0.15) is 5.48 Å². The summed E-state index contributed by atoms with van der Waals surface area (Å²) in [5.41, 5.74) is 7.16. The van der Waals surface area contributed by atoms with Crippen LogP contribution in [0.3, 0.4) is 0 Å². The molecule has 2 aromatic carbocycles. The van der Waals surface area contributed by atoms with Crippen LogP contribution in [0, 0.1) is 63.3 Å². The van der Waals surface area contributed by atoms with Crippen molar-refractivity contribution in [3.63, 3.8) is 0 Å². The summed E-state index contributed by atoms with van der Waals surface area (Å²) in [5, 5.41) is 67.0. The van der Waals surface area contributed by atoms with Crippen molar-refractivity contribution in [2.24, 2.45) is 34.8 Å². The number of amides is 7. The van der Waals surface area contributed by atoms with E-state index < -0.39 is 168 Å². The number of Topliss-reactive ketones (excluding diaryl/α,β-unsaturated/α-hetero) is 3. The second-order valence-electron chi connectivity index (χ2n) is 34.0. The van der Waals surface area contributed by atoms with Crippen LogP contribution >= 0.6 is 55.9 Å². The van der Waals surface area contributed by atoms with Crippen LogP contribution in [0.5, 0.6) is 17.2 Å². The number of aliphatic hydroxyl groups excluding tert-OH is 4. The summed E-state index contributed by atoms with van der Waals surface area (Å²) in [6.45, 7) is 19.1. The number of hydroxylamine groups is 1. The summed E-state index contributed by atoms with van der Waals surface area (Å²) < 4.78 is 75.3. The number of ether oxygens (including phenoxy) is 12. The van der Waals surface area contributed by atoms with Gasteiger partial charge in [-0.3, -0.25) is 43.3 Å². The fourth-order valence-corrected chi connectivity index (χ4v) is 21.3. The third-order valence-corrected chi connectivity index (χ3v) is 29.9. The van der Waals surface area contributed by atoms with Gasteiger partial charge in [0.2, 0.25) is 29.0 Å². The Morgan fingerprint density at radius 2 is 1.53 bits per heavy atom. The Bertz CT molecular complexity index is 4570. The number of hydrogen-bond donors (Lipinski definition) is 10. The maximum absolute atomic E-state index is 14.7. The van der Waals surface area contributed by atoms with E-state index in [0.717, 1.165) is 16.7 Å². The lowest BCUT2D eigenvalue weighted by atomic mass is 9.44. The first kappa shape index (κ1) is 104. The lowest BCUT2D eigenvalue weighted by Gasteiger charge is -2.60. The topological polar surface area (TPSA) is 472 Å². The first-order valence-corrected chi connectivity index (χ1v) is 47.8. The first-order chi connectivity index (χ1) is 61.3. The van der Waals surface area contributed by atoms with Crippen molar-refractivity contribution in [2.45, 2.75) is 280 Å². The van der Waals surface area contributed by atoms with E-state index in [0.29, 0.717) is 56.5 Å². The number of hydrogen-bond acceptors (Lipinski definition) is 32. The molecule has 710 valence electrons. The molecule has 39 heteroatoms. The third-order valence-electron chi connectivity index (χ3n) is 24.4. The van der Waals surface area contributed by atoms with E-state index in [1.54, 1.807) is 107 Å². The predicted octanol–water partition coefficient (Wildman–Crippen LogP) is 6.96. The number of aliphatic hydroxyl groups is 5. The molecule has 5 aliphatic heterocycles. The molecule has 2 aromatic rings. The second kappa shape index (κ2) is 47.0. The normalized spacial score (nSPS) is 31.2. The van der Waals surface area contributed by atoms with Crippen LogP contribution in [0.4, 0.5) is 15.3 Å². The Morgan fingerprint density at radius 3 is 2.18 bits per heavy atom. The summed E-state index contributed by atoms with van der Waals surface area (Å²) in [6, 6.07) is 2.85. The number of halogens is 1. The van der Waals surface area contributed by atoms with Gasteiger partial charge in [0.25, 0.3) is 11.8 Å². The molecule has 4 saturated heterocycles. The van der Waals surface area contributed by atoms with Crippen molar-refractivity contribution >= 4 is 120 Å². The molecule has 0 aromatic heterocycles. The molecule has 129 heavy (non-hydrogen) atoms. The molecular weight excluding hydrogens is 1850 g/mol. The van der Waals surface area contributed by atoms with E-state index in [2.05, 4.69) is 45.1 Å². The lowest BCUT2D eigenvalue weighted by Crippen LogP contribution is -2.69. The van der Waals surface area contributed by atoms with Gasteiger partial charge in [-0.25, -0.2) is 9.59 Å². The van der Waals surface area contributed by atoms with Gasteiger partial charge in [-0.15, -0.1) is 0 Å². The Labute approximate surface area is 777 Å². The minimum atomic E-state index is -1.83. The molecule has 0 bridgehead atoms. The molecule has 11 N–H and O–H groups in total. The number of rotatable bonds is 42. The molecule has 0 radical (unpaired) electrons. The van der Waals surface area contributed by atoms with E-state index in [9.17, 15) is 73.5 Å². The highest BCUT2D eigenvalue weighted by Crippen LogP contribution is 2.70. The zero-order chi connectivity index (χ0) is 94.2. The van der Waals surface area contributed by atoms with Crippen LogP contribution < -0.4 is 41.4 Å². The van der Waals surface area contributed by atoms with Crippen LogP contribution in [-0.4, -0.2) is 281 Å². The van der Waals surface area contributed by atoms with Crippen molar-refractivity contribution in [3.05, 3.63) is 80.0 Å². The average molecular weight is 1970 g/mol. The largest absolute Gasteiger partial charge is 0.492 e. The van der Waals surface area contributed by atoms with Gasteiger partial charge in [-0.05, 0) is 138 Å². The standard InChI is InChI=1S/C90H122IN7O28S3/c1-16-97(88(112)119-43-53-26-28-55(29-27-53)94-83(109)54(23-21-35-93-87(92)111)39-59(100)72(45(2)3)95-64(103)25-18-17-19-36-98-65(104)30-31-66(98)105)58-44-118-67(41-63(58)114-12)124-80-75(107)73(50(9)121-86(80)123-62-24-20-22-47(6)32-34-89-57(38-48(7)99)61(102)42-90(89,113)56(70(62)89)33-37-127-129-46(4)5)96-126-68-40-60(101)82(52(11)120-68)128-84(110)69-49(8)71(91)78(81(117-15)77(69)115-13)125-85-76(108)79(116-14)74(106)51(10)122-85/h22,26-31,33,45-46,50-52,54,57-58,60,62-63,67-68,70,72-76,79-80,82,85-86,96,101,106-108,113H,16-19,21,23,25,35-44H2,1-15H3,(H,94,109)(H,95,103)(H3,92,93,111)/b47-22-,56-33+/t50-,51+,52-,54-,57?,58+,60+,62+,63+,67+,68+,70?,72+,73-,74+,75+,76-,79-,80-,82-,85+,86+,89?,90+/m1/s1. The number of ketones is 3. The van der Waals surface area contributed by atoms with Crippen LogP contribution in [0.1, 0.15) is 161 Å². The van der Waals surface area contributed by atoms with Crippen LogP contribution in [0.15, 0.2) is 59.7 Å². The number of nitrogens with zero attached hydrogens (tertiary/aromatic N) is 2. The molecule has 6 fully saturated rings. The Balaban J connectivity index is 0.829. The SMILES string of the molecule is CCN(C(=O)OCc1ccc(NC(=O)[C@H](CCCNC(N)=O)CC(=O)[C@@H](NC(=O)CCCCCN2C(=O)C=CC2=O)C(C)C)cc1)[C@H]1CO[C@@H](O[C@H]2[C@H](O[C@H]3C#C/C=C(/C)C#CC45C(CC(C)=O)C(=O)C[C@]4(O)/C(=C/CSSC(C)C)C35)O[C@H](C)[C@@H](NO[C@H]3C[C@H](O)[C@H](SC(=O)c4c(C)c(I)c(O[C@@H]5O[C@@H](C)[C@H](O)[C@@H](OC)[C@H]5O)c(OC)c4OC)[C@@H](C)O3)[C@@H]2O)C[C@@H]1OC. The van der Waals surface area contributed by atoms with E-state index in [4.69, 9.17) is 67.4 Å². The molecule has 3 unspecified atom stereocenters. The zero-order valence-corrected chi connectivity index (χ0v) is 79.8. The summed E-state index contributed by atoms with van der Waals surface area (Å²) in [7, 11) is 8.66. The number of allylic oxidation sites excluding steroid dienone is 2. The van der Waals surface area contributed by atoms with Gasteiger partial charge in [0, 0.05) is 125 Å². The number of carbonyl (C=O) groups is 10. The molecule has 8 aliphatic rings. The summed E-state index contributed by atoms with van der Waals surface area (Å²) in [4.78, 5) is 142. The van der Waals surface area contributed by atoms with Crippen molar-refractivity contribution in [1.29, 1.82) is 0 Å². The van der Waals surface area contributed by atoms with Crippen molar-refractivity contribution in [3.8, 4) is 40.9 Å². The number of urea groups is 1. The minimum Gasteiger partial charge on any atom is -0.492 e. The number of nitrogens with one attached hydrogen (secondary N) is 4. The monoisotopic (exact) mass is 1970 g/mol. The summed E-state index contributed by atoms with van der Waals surface area (Å²) in [5.74, 6) is 7.35. The molecule has 3 aliphatic carbocycles. The van der Waals surface area contributed by atoms with E-state index in [1.165, 1.54) is 52.4 Å². The van der Waals surface area contributed by atoms with Crippen LogP contribution in [-0.2, 0) is 87.6 Å². The predicted molar refractivity (Wildman–Crippen MR) is 483 cm³/mol. The number of primary amides is 1. The number of unbranched alkanes of at least 4 members (excludes halogenated alkanes) is 2. The minimum absolute atomic E-state index is 0.00262. The summed E-state index contributed by atoms with van der Waals surface area (Å²) >= 11 is 2.79. The molecule has 1 spiro atoms. The van der Waals surface area contributed by atoms with Crippen LogP contribution in [0.25, 0.3) is 0 Å². The van der Waals surface area contributed by atoms with Crippen molar-refractivity contribution in [1.82, 2.24) is 25.9 Å². The van der Waals surface area contributed by atoms with Gasteiger partial charge >= 0.3 is 12.1 Å². The zero-order valence-electron chi connectivity index (χ0n) is 75.2. The van der Waals surface area contributed by atoms with Crippen LogP contribution in [0.2, 0.25) is 0 Å². The maximum atomic E-state index is 14.7.